The van der Waals surface area contributed by atoms with Crippen LogP contribution in [0.15, 0.2) is 53.3 Å². The van der Waals surface area contributed by atoms with Gasteiger partial charge >= 0.3 is 0 Å². The van der Waals surface area contributed by atoms with Crippen LogP contribution in [0.2, 0.25) is 0 Å². The molecule has 5 nitrogen and oxygen atoms in total. The highest BCUT2D eigenvalue weighted by Crippen LogP contribution is 2.26. The van der Waals surface area contributed by atoms with E-state index in [1.165, 1.54) is 10.1 Å². The van der Waals surface area contributed by atoms with Crippen LogP contribution in [0.4, 0.5) is 5.69 Å². The van der Waals surface area contributed by atoms with Crippen LogP contribution < -0.4 is 15.6 Å². The summed E-state index contributed by atoms with van der Waals surface area (Å²) in [7, 11) is 1.56. The molecule has 3 aromatic rings. The lowest BCUT2D eigenvalue weighted by atomic mass is 10.1. The molecular weight excluding hydrogens is 328 g/mol. The van der Waals surface area contributed by atoms with Gasteiger partial charge in [-0.3, -0.25) is 14.2 Å². The van der Waals surface area contributed by atoms with E-state index in [9.17, 15) is 9.59 Å². The molecule has 5 heteroatoms. The summed E-state index contributed by atoms with van der Waals surface area (Å²) in [6.07, 6.45) is 0.943. The van der Waals surface area contributed by atoms with Gasteiger partial charge in [0.2, 0.25) is 5.91 Å². The number of carbonyl (C=O) groups excluding carboxylic acids is 1. The number of nitrogens with one attached hydrogen (secondary N) is 1. The number of fused-ring (bicyclic) bond motifs is 1. The number of ether oxygens (including phenoxy) is 1. The maximum Gasteiger partial charge on any atom is 0.251 e. The first-order chi connectivity index (χ1) is 12.5. The van der Waals surface area contributed by atoms with Crippen molar-refractivity contribution in [1.82, 2.24) is 4.57 Å². The van der Waals surface area contributed by atoms with Gasteiger partial charge in [-0.1, -0.05) is 31.2 Å². The second-order valence-electron chi connectivity index (χ2n) is 6.21. The fourth-order valence-electron chi connectivity index (χ4n) is 3.06. The number of aromatic nitrogens is 1. The Kier molecular flexibility index (Phi) is 5.07. The normalized spacial score (nSPS) is 10.7. The van der Waals surface area contributed by atoms with Crippen molar-refractivity contribution >= 4 is 22.5 Å². The summed E-state index contributed by atoms with van der Waals surface area (Å²) in [5.74, 6) is 0.316. The molecule has 1 aromatic heterocycles. The molecule has 0 saturated carbocycles. The molecule has 1 amide bonds. The number of pyridine rings is 1. The highest BCUT2D eigenvalue weighted by Gasteiger charge is 2.14. The van der Waals surface area contributed by atoms with Crippen LogP contribution in [0.3, 0.4) is 0 Å². The van der Waals surface area contributed by atoms with E-state index in [1.54, 1.807) is 19.2 Å². The minimum atomic E-state index is -0.257. The minimum absolute atomic E-state index is 0.0779. The molecule has 2 aromatic carbocycles. The molecule has 0 aliphatic carbocycles. The van der Waals surface area contributed by atoms with Gasteiger partial charge in [0.05, 0.1) is 12.6 Å². The average Bonchev–Trinajstić information content (AvgIpc) is 2.65. The summed E-state index contributed by atoms with van der Waals surface area (Å²) in [5.41, 5.74) is 3.18. The number of methoxy groups -OCH3 is 1. The molecule has 0 radical (unpaired) electrons. The summed E-state index contributed by atoms with van der Waals surface area (Å²) in [4.78, 5) is 25.0. The first-order valence-electron chi connectivity index (χ1n) is 8.59. The van der Waals surface area contributed by atoms with Gasteiger partial charge in [-0.15, -0.1) is 0 Å². The molecule has 0 unspecified atom stereocenters. The zero-order chi connectivity index (χ0) is 18.7. The fraction of sp³-hybridized carbons (Fsp3) is 0.238. The number of carbonyl (C=O) groups is 1. The predicted octanol–water partition coefficient (Wildman–Crippen LogP) is 3.52. The number of hydrogen-bond donors (Lipinski definition) is 1. The number of rotatable bonds is 5. The molecule has 1 heterocycles. The van der Waals surface area contributed by atoms with Crippen molar-refractivity contribution in [2.45, 2.75) is 26.8 Å². The number of hydrogen-bond acceptors (Lipinski definition) is 3. The third-order valence-corrected chi connectivity index (χ3v) is 4.47. The molecule has 134 valence electrons. The zero-order valence-corrected chi connectivity index (χ0v) is 15.2. The number of benzene rings is 2. The van der Waals surface area contributed by atoms with E-state index in [0.29, 0.717) is 17.0 Å². The van der Waals surface area contributed by atoms with Crippen LogP contribution in [0.1, 0.15) is 18.1 Å². The van der Waals surface area contributed by atoms with Gasteiger partial charge in [0.15, 0.2) is 0 Å². The Morgan fingerprint density at radius 1 is 1.15 bits per heavy atom. The molecule has 0 aliphatic heterocycles. The van der Waals surface area contributed by atoms with E-state index in [1.807, 2.05) is 43.3 Å². The van der Waals surface area contributed by atoms with Gasteiger partial charge in [-0.05, 0) is 42.7 Å². The van der Waals surface area contributed by atoms with Crippen molar-refractivity contribution in [1.29, 1.82) is 0 Å². The van der Waals surface area contributed by atoms with Crippen molar-refractivity contribution in [3.8, 4) is 5.75 Å². The summed E-state index contributed by atoms with van der Waals surface area (Å²) in [6.45, 7) is 3.88. The lowest BCUT2D eigenvalue weighted by Gasteiger charge is -2.15. The smallest absolute Gasteiger partial charge is 0.251 e. The van der Waals surface area contributed by atoms with Crippen LogP contribution in [-0.4, -0.2) is 17.6 Å². The Labute approximate surface area is 152 Å². The maximum atomic E-state index is 12.5. The Morgan fingerprint density at radius 3 is 2.54 bits per heavy atom. The van der Waals surface area contributed by atoms with Crippen molar-refractivity contribution in [3.05, 3.63) is 70.0 Å². The van der Waals surface area contributed by atoms with Crippen molar-refractivity contribution in [2.75, 3.05) is 12.4 Å². The zero-order valence-electron chi connectivity index (χ0n) is 15.2. The minimum Gasteiger partial charge on any atom is -0.495 e. The Morgan fingerprint density at radius 2 is 1.88 bits per heavy atom. The topological polar surface area (TPSA) is 60.3 Å². The number of aryl methyl sites for hydroxylation is 2. The first-order valence-corrected chi connectivity index (χ1v) is 8.59. The van der Waals surface area contributed by atoms with Gasteiger partial charge in [0, 0.05) is 17.1 Å². The van der Waals surface area contributed by atoms with E-state index in [2.05, 4.69) is 12.2 Å². The van der Waals surface area contributed by atoms with Crippen molar-refractivity contribution < 1.29 is 9.53 Å². The molecule has 0 bridgehead atoms. The molecule has 0 atom stereocenters. The van der Waals surface area contributed by atoms with Gasteiger partial charge < -0.3 is 10.1 Å². The predicted molar refractivity (Wildman–Crippen MR) is 104 cm³/mol. The van der Waals surface area contributed by atoms with Gasteiger partial charge in [-0.2, -0.15) is 0 Å². The third kappa shape index (κ3) is 3.47. The van der Waals surface area contributed by atoms with E-state index in [0.717, 1.165) is 17.4 Å². The lowest BCUT2D eigenvalue weighted by Crippen LogP contribution is -2.28. The van der Waals surface area contributed by atoms with Gasteiger partial charge in [0.1, 0.15) is 12.3 Å². The highest BCUT2D eigenvalue weighted by atomic mass is 16.5. The number of anilines is 1. The number of para-hydroxylation sites is 1. The second-order valence-corrected chi connectivity index (χ2v) is 6.21. The second kappa shape index (κ2) is 7.44. The van der Waals surface area contributed by atoms with Crippen molar-refractivity contribution in [3.63, 3.8) is 0 Å². The molecular formula is C21H22N2O3. The number of nitrogens with zero attached hydrogens (tertiary/aromatic N) is 1. The van der Waals surface area contributed by atoms with E-state index in [4.69, 9.17) is 4.74 Å². The van der Waals surface area contributed by atoms with Crippen LogP contribution in [0.25, 0.3) is 10.9 Å². The maximum absolute atomic E-state index is 12.5. The first kappa shape index (κ1) is 17.7. The monoisotopic (exact) mass is 350 g/mol. The third-order valence-electron chi connectivity index (χ3n) is 4.47. The Hall–Kier alpha value is -3.08. The molecule has 0 saturated heterocycles. The summed E-state index contributed by atoms with van der Waals surface area (Å²) in [6, 6.07) is 14.8. The molecule has 0 fully saturated rings. The van der Waals surface area contributed by atoms with Crippen LogP contribution in [0.5, 0.6) is 5.75 Å². The molecule has 0 spiro atoms. The molecule has 1 N–H and O–H groups in total. The summed E-state index contributed by atoms with van der Waals surface area (Å²) < 4.78 is 6.87. The molecule has 0 aliphatic rings. The standard InChI is InChI=1S/C21H22N2O3/c1-4-15-8-10-16(11-9-15)22-19(24)13-23-20(25)12-14(2)17-6-5-7-18(26-3)21(17)23/h5-12H,4,13H2,1-3H3,(H,22,24). The van der Waals surface area contributed by atoms with Crippen molar-refractivity contribution in [2.24, 2.45) is 0 Å². The van der Waals surface area contributed by atoms with Crippen LogP contribution in [-0.2, 0) is 17.8 Å². The molecule has 3 rings (SSSR count). The number of amides is 1. The van der Waals surface area contributed by atoms with Crippen LogP contribution >= 0.6 is 0 Å². The summed E-state index contributed by atoms with van der Waals surface area (Å²) >= 11 is 0. The van der Waals surface area contributed by atoms with E-state index in [-0.39, 0.29) is 18.0 Å². The van der Waals surface area contributed by atoms with E-state index >= 15 is 0 Å². The van der Waals surface area contributed by atoms with Crippen LogP contribution in [0, 0.1) is 6.92 Å². The Bertz CT molecular complexity index is 1000. The van der Waals surface area contributed by atoms with Gasteiger partial charge in [0.25, 0.3) is 5.56 Å². The lowest BCUT2D eigenvalue weighted by molar-refractivity contribution is -0.116. The fourth-order valence-corrected chi connectivity index (χ4v) is 3.06. The Balaban J connectivity index is 1.94. The highest BCUT2D eigenvalue weighted by molar-refractivity contribution is 5.93. The molecule has 26 heavy (non-hydrogen) atoms. The SMILES string of the molecule is CCc1ccc(NC(=O)Cn2c(=O)cc(C)c3cccc(OC)c32)cc1. The van der Waals surface area contributed by atoms with Gasteiger partial charge in [-0.25, -0.2) is 0 Å². The largest absolute Gasteiger partial charge is 0.495 e. The summed E-state index contributed by atoms with van der Waals surface area (Å²) in [5, 5.41) is 3.74. The van der Waals surface area contributed by atoms with E-state index < -0.39 is 0 Å². The average molecular weight is 350 g/mol. The quantitative estimate of drug-likeness (QED) is 0.766.